The first kappa shape index (κ1) is 11.8. The van der Waals surface area contributed by atoms with Crippen LogP contribution < -0.4 is 5.32 Å². The van der Waals surface area contributed by atoms with Gasteiger partial charge in [0.05, 0.1) is 19.3 Å². The first-order chi connectivity index (χ1) is 5.74. The zero-order chi connectivity index (χ0) is 9.40. The quantitative estimate of drug-likeness (QED) is 0.536. The fourth-order valence-electron chi connectivity index (χ4n) is 0.938. The second-order valence-electron chi connectivity index (χ2n) is 2.63. The third kappa shape index (κ3) is 5.49. The number of aliphatic hydroxyl groups excluding tert-OH is 1. The SMILES string of the molecule is CCNC(CO)OC(C)COC. The lowest BCUT2D eigenvalue weighted by molar-refractivity contribution is -0.0720. The van der Waals surface area contributed by atoms with E-state index in [9.17, 15) is 0 Å². The van der Waals surface area contributed by atoms with Crippen LogP contribution >= 0.6 is 0 Å². The predicted molar refractivity (Wildman–Crippen MR) is 47.0 cm³/mol. The normalized spacial score (nSPS) is 16.0. The average Bonchev–Trinajstić information content (AvgIpc) is 2.04. The van der Waals surface area contributed by atoms with E-state index >= 15 is 0 Å². The van der Waals surface area contributed by atoms with Crippen LogP contribution in [0.2, 0.25) is 0 Å². The molecule has 0 rings (SSSR count). The van der Waals surface area contributed by atoms with Gasteiger partial charge in [-0.25, -0.2) is 0 Å². The van der Waals surface area contributed by atoms with Gasteiger partial charge in [-0.2, -0.15) is 0 Å². The van der Waals surface area contributed by atoms with Gasteiger partial charge in [0.1, 0.15) is 6.23 Å². The minimum absolute atomic E-state index is 0.00574. The molecule has 0 aromatic heterocycles. The van der Waals surface area contributed by atoms with E-state index in [4.69, 9.17) is 14.6 Å². The highest BCUT2D eigenvalue weighted by Gasteiger charge is 2.10. The standard InChI is InChI=1S/C8H19NO3/c1-4-9-8(5-10)12-7(2)6-11-3/h7-10H,4-6H2,1-3H3. The first-order valence-corrected chi connectivity index (χ1v) is 4.23. The Labute approximate surface area is 73.9 Å². The van der Waals surface area contributed by atoms with Crippen molar-refractivity contribution in [3.63, 3.8) is 0 Å². The van der Waals surface area contributed by atoms with E-state index in [1.165, 1.54) is 0 Å². The molecular formula is C8H19NO3. The van der Waals surface area contributed by atoms with Crippen LogP contribution in [-0.4, -0.2) is 44.3 Å². The second-order valence-corrected chi connectivity index (χ2v) is 2.63. The number of likely N-dealkylation sites (N-methyl/N-ethyl adjacent to an activating group) is 1. The molecular weight excluding hydrogens is 158 g/mol. The summed E-state index contributed by atoms with van der Waals surface area (Å²) in [6.45, 7) is 5.19. The van der Waals surface area contributed by atoms with E-state index in [2.05, 4.69) is 5.32 Å². The molecule has 2 atom stereocenters. The van der Waals surface area contributed by atoms with Gasteiger partial charge in [-0.3, -0.25) is 5.32 Å². The van der Waals surface area contributed by atoms with Crippen LogP contribution in [0.1, 0.15) is 13.8 Å². The summed E-state index contributed by atoms with van der Waals surface area (Å²) in [6, 6.07) is 0. The van der Waals surface area contributed by atoms with E-state index in [0.717, 1.165) is 6.54 Å². The van der Waals surface area contributed by atoms with Crippen LogP contribution in [-0.2, 0) is 9.47 Å². The van der Waals surface area contributed by atoms with Crippen molar-refractivity contribution in [2.75, 3.05) is 26.9 Å². The molecule has 12 heavy (non-hydrogen) atoms. The van der Waals surface area contributed by atoms with Crippen molar-refractivity contribution in [1.29, 1.82) is 0 Å². The summed E-state index contributed by atoms with van der Waals surface area (Å²) in [5.74, 6) is 0. The molecule has 0 radical (unpaired) electrons. The molecule has 0 spiro atoms. The smallest absolute Gasteiger partial charge is 0.131 e. The molecule has 0 bridgehead atoms. The third-order valence-corrected chi connectivity index (χ3v) is 1.40. The number of rotatable bonds is 7. The lowest BCUT2D eigenvalue weighted by Gasteiger charge is -2.20. The summed E-state index contributed by atoms with van der Waals surface area (Å²) >= 11 is 0. The number of aliphatic hydroxyl groups is 1. The second kappa shape index (κ2) is 7.49. The summed E-state index contributed by atoms with van der Waals surface area (Å²) in [7, 11) is 1.63. The first-order valence-electron chi connectivity index (χ1n) is 4.23. The summed E-state index contributed by atoms with van der Waals surface area (Å²) in [4.78, 5) is 0. The number of methoxy groups -OCH3 is 1. The van der Waals surface area contributed by atoms with Gasteiger partial charge in [0.15, 0.2) is 0 Å². The predicted octanol–water partition coefficient (Wildman–Crippen LogP) is -0.0342. The van der Waals surface area contributed by atoms with Crippen LogP contribution in [0.4, 0.5) is 0 Å². The molecule has 0 aliphatic carbocycles. The number of hydrogen-bond donors (Lipinski definition) is 2. The molecule has 0 heterocycles. The van der Waals surface area contributed by atoms with Gasteiger partial charge < -0.3 is 14.6 Å². The molecule has 0 saturated heterocycles. The number of nitrogens with one attached hydrogen (secondary N) is 1. The van der Waals surface area contributed by atoms with Crippen molar-refractivity contribution in [2.45, 2.75) is 26.2 Å². The fourth-order valence-corrected chi connectivity index (χ4v) is 0.938. The Morgan fingerprint density at radius 3 is 2.58 bits per heavy atom. The van der Waals surface area contributed by atoms with Crippen molar-refractivity contribution in [3.05, 3.63) is 0 Å². The lowest BCUT2D eigenvalue weighted by atomic mass is 10.4. The van der Waals surface area contributed by atoms with Gasteiger partial charge in [-0.1, -0.05) is 6.92 Å². The summed E-state index contributed by atoms with van der Waals surface area (Å²) < 4.78 is 10.3. The zero-order valence-corrected chi connectivity index (χ0v) is 8.04. The van der Waals surface area contributed by atoms with Gasteiger partial charge >= 0.3 is 0 Å². The summed E-state index contributed by atoms with van der Waals surface area (Å²) in [5.41, 5.74) is 0. The largest absolute Gasteiger partial charge is 0.392 e. The van der Waals surface area contributed by atoms with Crippen molar-refractivity contribution in [2.24, 2.45) is 0 Å². The molecule has 0 aliphatic heterocycles. The van der Waals surface area contributed by atoms with E-state index in [0.29, 0.717) is 6.61 Å². The topological polar surface area (TPSA) is 50.7 Å². The van der Waals surface area contributed by atoms with E-state index in [-0.39, 0.29) is 18.9 Å². The highest BCUT2D eigenvalue weighted by Crippen LogP contribution is 1.95. The zero-order valence-electron chi connectivity index (χ0n) is 8.04. The summed E-state index contributed by atoms with van der Waals surface area (Å²) in [6.07, 6.45) is -0.272. The van der Waals surface area contributed by atoms with Gasteiger partial charge in [0.2, 0.25) is 0 Å². The van der Waals surface area contributed by atoms with Crippen LogP contribution in [0.15, 0.2) is 0 Å². The van der Waals surface area contributed by atoms with Gasteiger partial charge in [-0.15, -0.1) is 0 Å². The minimum Gasteiger partial charge on any atom is -0.392 e. The third-order valence-electron chi connectivity index (χ3n) is 1.40. The van der Waals surface area contributed by atoms with Crippen molar-refractivity contribution >= 4 is 0 Å². The highest BCUT2D eigenvalue weighted by molar-refractivity contribution is 4.55. The Morgan fingerprint density at radius 2 is 2.17 bits per heavy atom. The highest BCUT2D eigenvalue weighted by atomic mass is 16.5. The molecule has 74 valence electrons. The molecule has 4 heteroatoms. The Balaban J connectivity index is 3.53. The summed E-state index contributed by atoms with van der Waals surface area (Å²) in [5, 5.41) is 11.8. The lowest BCUT2D eigenvalue weighted by Crippen LogP contribution is -2.38. The Bertz CT molecular complexity index is 100. The molecule has 0 aromatic rings. The maximum atomic E-state index is 8.85. The molecule has 2 unspecified atom stereocenters. The Morgan fingerprint density at radius 1 is 1.50 bits per heavy atom. The van der Waals surface area contributed by atoms with Crippen LogP contribution in [0.25, 0.3) is 0 Å². The van der Waals surface area contributed by atoms with E-state index in [1.54, 1.807) is 7.11 Å². The van der Waals surface area contributed by atoms with Gasteiger partial charge in [0.25, 0.3) is 0 Å². The molecule has 0 amide bonds. The van der Waals surface area contributed by atoms with Crippen molar-refractivity contribution in [1.82, 2.24) is 5.32 Å². The fraction of sp³-hybridized carbons (Fsp3) is 1.00. The maximum absolute atomic E-state index is 8.85. The van der Waals surface area contributed by atoms with Crippen LogP contribution in [0.5, 0.6) is 0 Å². The average molecular weight is 177 g/mol. The Kier molecular flexibility index (Phi) is 7.39. The number of ether oxygens (including phenoxy) is 2. The molecule has 0 aromatic carbocycles. The Hall–Kier alpha value is -0.160. The molecule has 2 N–H and O–H groups in total. The van der Waals surface area contributed by atoms with Crippen molar-refractivity contribution in [3.8, 4) is 0 Å². The minimum atomic E-state index is -0.278. The monoisotopic (exact) mass is 177 g/mol. The number of hydrogen-bond acceptors (Lipinski definition) is 4. The van der Waals surface area contributed by atoms with Crippen LogP contribution in [0.3, 0.4) is 0 Å². The van der Waals surface area contributed by atoms with Gasteiger partial charge in [0, 0.05) is 7.11 Å². The molecule has 0 fully saturated rings. The molecule has 4 nitrogen and oxygen atoms in total. The van der Waals surface area contributed by atoms with Crippen LogP contribution in [0, 0.1) is 0 Å². The molecule has 0 aliphatic rings. The van der Waals surface area contributed by atoms with Crippen molar-refractivity contribution < 1.29 is 14.6 Å². The molecule has 0 saturated carbocycles. The maximum Gasteiger partial charge on any atom is 0.131 e. The van der Waals surface area contributed by atoms with E-state index < -0.39 is 0 Å². The van der Waals surface area contributed by atoms with Gasteiger partial charge in [-0.05, 0) is 13.5 Å². The van der Waals surface area contributed by atoms with E-state index in [1.807, 2.05) is 13.8 Å².